The van der Waals surface area contributed by atoms with E-state index in [0.717, 1.165) is 24.0 Å². The number of sulfonamides is 1. The van der Waals surface area contributed by atoms with Crippen molar-refractivity contribution in [2.24, 2.45) is 5.14 Å². The second-order valence-corrected chi connectivity index (χ2v) is 7.73. The highest BCUT2D eigenvalue weighted by Crippen LogP contribution is 2.31. The molecule has 6 nitrogen and oxygen atoms in total. The Morgan fingerprint density at radius 2 is 2.04 bits per heavy atom. The lowest BCUT2D eigenvalue weighted by Crippen LogP contribution is -2.31. The molecule has 0 radical (unpaired) electrons. The molecule has 1 atom stereocenters. The zero-order valence-corrected chi connectivity index (χ0v) is 15.0. The molecule has 26 heavy (non-hydrogen) atoms. The molecule has 2 aromatic rings. The Morgan fingerprint density at radius 3 is 2.73 bits per heavy atom. The first-order valence-corrected chi connectivity index (χ1v) is 9.64. The van der Waals surface area contributed by atoms with Crippen molar-refractivity contribution in [2.75, 3.05) is 7.11 Å². The number of methoxy groups -OCH3 is 1. The number of nitrogens with two attached hydrogens (primary N) is 1. The normalized spacial score (nSPS) is 16.7. The van der Waals surface area contributed by atoms with Crippen molar-refractivity contribution >= 4 is 15.9 Å². The maximum absolute atomic E-state index is 13.6. The van der Waals surface area contributed by atoms with Crippen LogP contribution < -0.4 is 15.2 Å². The summed E-state index contributed by atoms with van der Waals surface area (Å²) in [6.45, 7) is 0. The van der Waals surface area contributed by atoms with E-state index < -0.39 is 15.9 Å². The van der Waals surface area contributed by atoms with Gasteiger partial charge in [0.1, 0.15) is 11.6 Å². The van der Waals surface area contributed by atoms with Crippen LogP contribution in [0.15, 0.2) is 41.3 Å². The molecule has 8 heteroatoms. The van der Waals surface area contributed by atoms with Crippen LogP contribution in [0.2, 0.25) is 0 Å². The average Bonchev–Trinajstić information content (AvgIpc) is 2.60. The van der Waals surface area contributed by atoms with Crippen LogP contribution in [-0.4, -0.2) is 21.4 Å². The van der Waals surface area contributed by atoms with Crippen molar-refractivity contribution in [2.45, 2.75) is 30.2 Å². The van der Waals surface area contributed by atoms with E-state index in [2.05, 4.69) is 5.32 Å². The van der Waals surface area contributed by atoms with Crippen molar-refractivity contribution in [3.63, 3.8) is 0 Å². The number of amides is 1. The van der Waals surface area contributed by atoms with E-state index in [1.807, 2.05) is 0 Å². The van der Waals surface area contributed by atoms with Gasteiger partial charge in [-0.25, -0.2) is 17.9 Å². The largest absolute Gasteiger partial charge is 0.496 e. The first-order chi connectivity index (χ1) is 12.3. The summed E-state index contributed by atoms with van der Waals surface area (Å²) in [6, 6.07) is 8.03. The fourth-order valence-electron chi connectivity index (χ4n) is 3.20. The molecule has 0 saturated carbocycles. The van der Waals surface area contributed by atoms with Gasteiger partial charge in [-0.3, -0.25) is 4.79 Å². The van der Waals surface area contributed by atoms with E-state index in [1.54, 1.807) is 6.07 Å². The minimum absolute atomic E-state index is 0.0579. The summed E-state index contributed by atoms with van der Waals surface area (Å²) >= 11 is 0. The highest BCUT2D eigenvalue weighted by atomic mass is 32.2. The van der Waals surface area contributed by atoms with Gasteiger partial charge in [-0.05, 0) is 60.7 Å². The van der Waals surface area contributed by atoms with Crippen LogP contribution in [0.3, 0.4) is 0 Å². The van der Waals surface area contributed by atoms with Crippen LogP contribution >= 0.6 is 0 Å². The molecule has 3 N–H and O–H groups in total. The number of aryl methyl sites for hydroxylation is 1. The standard InChI is InChI=1S/C18H19FN2O4S/c1-25-17-8-7-13(26(20,23)24)10-15(17)18(22)21-16-4-2-3-11-5-6-12(19)9-14(11)16/h5-10,16H,2-4H2,1H3,(H,21,22)(H2,20,23,24)/t16-/m0/s1. The fraction of sp³-hybridized carbons (Fsp3) is 0.278. The SMILES string of the molecule is COc1ccc(S(N)(=O)=O)cc1C(=O)N[C@H]1CCCc2ccc(F)cc21. The third-order valence-electron chi connectivity index (χ3n) is 4.47. The number of primary sulfonamides is 1. The van der Waals surface area contributed by atoms with E-state index in [0.29, 0.717) is 6.42 Å². The minimum atomic E-state index is -3.96. The Labute approximate surface area is 151 Å². The molecule has 0 heterocycles. The molecule has 0 unspecified atom stereocenters. The van der Waals surface area contributed by atoms with Crippen LogP contribution in [0, 0.1) is 5.82 Å². The van der Waals surface area contributed by atoms with Gasteiger partial charge in [0, 0.05) is 0 Å². The summed E-state index contributed by atoms with van der Waals surface area (Å²) in [7, 11) is -2.57. The summed E-state index contributed by atoms with van der Waals surface area (Å²) in [5.41, 5.74) is 1.79. The summed E-state index contributed by atoms with van der Waals surface area (Å²) in [4.78, 5) is 12.6. The number of rotatable bonds is 4. The molecular formula is C18H19FN2O4S. The van der Waals surface area contributed by atoms with Gasteiger partial charge in [-0.15, -0.1) is 0 Å². The number of fused-ring (bicyclic) bond motifs is 1. The van der Waals surface area contributed by atoms with Gasteiger partial charge in [0.2, 0.25) is 10.0 Å². The summed E-state index contributed by atoms with van der Waals surface area (Å²) in [6.07, 6.45) is 2.35. The molecule has 0 aliphatic heterocycles. The predicted octanol–water partition coefficient (Wildman–Crippen LogP) is 2.29. The number of carbonyl (C=O) groups excluding carboxylic acids is 1. The number of nitrogens with one attached hydrogen (secondary N) is 1. The average molecular weight is 378 g/mol. The molecule has 0 saturated heterocycles. The second-order valence-electron chi connectivity index (χ2n) is 6.17. The molecule has 1 amide bonds. The van der Waals surface area contributed by atoms with E-state index in [-0.39, 0.29) is 28.1 Å². The Bertz CT molecular complexity index is 960. The van der Waals surface area contributed by atoms with Gasteiger partial charge in [0.05, 0.1) is 23.6 Å². The molecule has 0 bridgehead atoms. The molecule has 0 fully saturated rings. The maximum atomic E-state index is 13.6. The number of carbonyl (C=O) groups is 1. The van der Waals surface area contributed by atoms with E-state index >= 15 is 0 Å². The van der Waals surface area contributed by atoms with Crippen molar-refractivity contribution in [3.05, 3.63) is 58.9 Å². The quantitative estimate of drug-likeness (QED) is 0.853. The molecular weight excluding hydrogens is 359 g/mol. The summed E-state index contributed by atoms with van der Waals surface area (Å²) < 4.78 is 41.9. The molecule has 2 aromatic carbocycles. The lowest BCUT2D eigenvalue weighted by molar-refractivity contribution is 0.0929. The zero-order valence-electron chi connectivity index (χ0n) is 14.2. The monoisotopic (exact) mass is 378 g/mol. The first-order valence-electron chi connectivity index (χ1n) is 8.09. The Hall–Kier alpha value is -2.45. The van der Waals surface area contributed by atoms with Crippen molar-refractivity contribution in [1.82, 2.24) is 5.32 Å². The van der Waals surface area contributed by atoms with Gasteiger partial charge in [-0.1, -0.05) is 6.07 Å². The van der Waals surface area contributed by atoms with Crippen molar-refractivity contribution < 1.29 is 22.3 Å². The predicted molar refractivity (Wildman–Crippen MR) is 93.9 cm³/mol. The zero-order chi connectivity index (χ0) is 18.9. The van der Waals surface area contributed by atoms with Gasteiger partial charge >= 0.3 is 0 Å². The third-order valence-corrected chi connectivity index (χ3v) is 5.38. The summed E-state index contributed by atoms with van der Waals surface area (Å²) in [5, 5.41) is 7.99. The molecule has 3 rings (SSSR count). The van der Waals surface area contributed by atoms with Crippen molar-refractivity contribution in [3.8, 4) is 5.75 Å². The Morgan fingerprint density at radius 1 is 1.27 bits per heavy atom. The molecule has 0 spiro atoms. The van der Waals surface area contributed by atoms with Gasteiger partial charge in [0.25, 0.3) is 5.91 Å². The van der Waals surface area contributed by atoms with Crippen LogP contribution in [0.5, 0.6) is 5.75 Å². The number of hydrogen-bond acceptors (Lipinski definition) is 4. The van der Waals surface area contributed by atoms with E-state index in [4.69, 9.17) is 9.88 Å². The number of hydrogen-bond donors (Lipinski definition) is 2. The minimum Gasteiger partial charge on any atom is -0.496 e. The second kappa shape index (κ2) is 7.05. The summed E-state index contributed by atoms with van der Waals surface area (Å²) in [5.74, 6) is -0.640. The number of ether oxygens (including phenoxy) is 1. The smallest absolute Gasteiger partial charge is 0.255 e. The number of benzene rings is 2. The Kier molecular flexibility index (Phi) is 4.97. The van der Waals surface area contributed by atoms with Crippen LogP contribution in [-0.2, 0) is 16.4 Å². The lowest BCUT2D eigenvalue weighted by Gasteiger charge is -2.26. The lowest BCUT2D eigenvalue weighted by atomic mass is 9.87. The van der Waals surface area contributed by atoms with Crippen LogP contribution in [0.25, 0.3) is 0 Å². The Balaban J connectivity index is 1.93. The number of halogens is 1. The van der Waals surface area contributed by atoms with Gasteiger partial charge in [-0.2, -0.15) is 0 Å². The topological polar surface area (TPSA) is 98.5 Å². The van der Waals surface area contributed by atoms with Crippen LogP contribution in [0.1, 0.15) is 40.4 Å². The van der Waals surface area contributed by atoms with Crippen molar-refractivity contribution in [1.29, 1.82) is 0 Å². The first kappa shape index (κ1) is 18.3. The maximum Gasteiger partial charge on any atom is 0.255 e. The highest BCUT2D eigenvalue weighted by molar-refractivity contribution is 7.89. The van der Waals surface area contributed by atoms with Gasteiger partial charge < -0.3 is 10.1 Å². The van der Waals surface area contributed by atoms with Crippen LogP contribution in [0.4, 0.5) is 4.39 Å². The molecule has 0 aromatic heterocycles. The highest BCUT2D eigenvalue weighted by Gasteiger charge is 2.25. The molecule has 138 valence electrons. The molecule has 1 aliphatic carbocycles. The van der Waals surface area contributed by atoms with Gasteiger partial charge in [0.15, 0.2) is 0 Å². The van der Waals surface area contributed by atoms with E-state index in [9.17, 15) is 17.6 Å². The molecule has 1 aliphatic rings. The van der Waals surface area contributed by atoms with E-state index in [1.165, 1.54) is 37.4 Å². The third kappa shape index (κ3) is 3.71. The fourth-order valence-corrected chi connectivity index (χ4v) is 3.74.